The van der Waals surface area contributed by atoms with Crippen LogP contribution in [0.1, 0.15) is 16.5 Å². The molecule has 1 aromatic heterocycles. The van der Waals surface area contributed by atoms with Crippen LogP contribution in [0.15, 0.2) is 52.0 Å². The third kappa shape index (κ3) is 4.41. The Morgan fingerprint density at radius 3 is 2.87 bits per heavy atom. The number of morpholine rings is 1. The molecule has 0 radical (unpaired) electrons. The minimum absolute atomic E-state index is 0.211. The van der Waals surface area contributed by atoms with Crippen molar-refractivity contribution in [2.45, 2.75) is 6.04 Å². The van der Waals surface area contributed by atoms with Gasteiger partial charge in [-0.3, -0.25) is 9.89 Å². The number of aliphatic imine (C=N–C) groups is 1. The number of amidine groups is 1. The predicted molar refractivity (Wildman–Crippen MR) is 114 cm³/mol. The van der Waals surface area contributed by atoms with Crippen molar-refractivity contribution >= 4 is 34.7 Å². The lowest BCUT2D eigenvalue weighted by molar-refractivity contribution is -0.136. The molecule has 3 heterocycles. The fraction of sp³-hybridized carbons (Fsp3) is 0.333. The van der Waals surface area contributed by atoms with E-state index in [0.717, 1.165) is 18.0 Å². The van der Waals surface area contributed by atoms with E-state index in [2.05, 4.69) is 10.2 Å². The molecule has 1 N–H and O–H groups in total. The topological polar surface area (TPSA) is 63.2 Å². The Morgan fingerprint density at radius 1 is 1.40 bits per heavy atom. The number of methoxy groups -OCH3 is 1. The maximum absolute atomic E-state index is 13.7. The van der Waals surface area contributed by atoms with Crippen molar-refractivity contribution in [3.8, 4) is 0 Å². The molecule has 2 aliphatic rings. The molecule has 1 unspecified atom stereocenters. The summed E-state index contributed by atoms with van der Waals surface area (Å²) < 4.78 is 24.2. The van der Waals surface area contributed by atoms with E-state index < -0.39 is 17.8 Å². The number of carbonyl (C=O) groups excluding carboxylic acids is 1. The van der Waals surface area contributed by atoms with Gasteiger partial charge in [0.05, 0.1) is 30.8 Å². The highest BCUT2D eigenvalue weighted by Crippen LogP contribution is 2.37. The fourth-order valence-corrected chi connectivity index (χ4v) is 4.49. The molecule has 1 fully saturated rings. The first-order valence-electron chi connectivity index (χ1n) is 9.52. The molecule has 6 nitrogen and oxygen atoms in total. The van der Waals surface area contributed by atoms with E-state index in [-0.39, 0.29) is 5.02 Å². The van der Waals surface area contributed by atoms with Crippen molar-refractivity contribution in [1.29, 1.82) is 0 Å². The third-order valence-corrected chi connectivity index (χ3v) is 6.23. The van der Waals surface area contributed by atoms with Crippen LogP contribution in [0, 0.1) is 5.82 Å². The molecule has 1 aromatic carbocycles. The van der Waals surface area contributed by atoms with Crippen molar-refractivity contribution in [3.05, 3.63) is 68.3 Å². The number of hydrogen-bond acceptors (Lipinski definition) is 7. The molecule has 0 aliphatic carbocycles. The summed E-state index contributed by atoms with van der Waals surface area (Å²) in [5.74, 6) is -0.297. The number of nitrogens with one attached hydrogen (secondary N) is 1. The Labute approximate surface area is 183 Å². The summed E-state index contributed by atoms with van der Waals surface area (Å²) in [6, 6.07) is 7.30. The maximum atomic E-state index is 13.7. The van der Waals surface area contributed by atoms with Crippen LogP contribution in [0.25, 0.3) is 0 Å². The van der Waals surface area contributed by atoms with Gasteiger partial charge >= 0.3 is 5.97 Å². The van der Waals surface area contributed by atoms with Gasteiger partial charge in [0, 0.05) is 35.9 Å². The molecule has 158 valence electrons. The highest BCUT2D eigenvalue weighted by atomic mass is 35.5. The summed E-state index contributed by atoms with van der Waals surface area (Å²) in [6.45, 7) is 3.30. The first kappa shape index (κ1) is 21.0. The molecule has 0 spiro atoms. The van der Waals surface area contributed by atoms with Gasteiger partial charge in [-0.25, -0.2) is 9.18 Å². The van der Waals surface area contributed by atoms with E-state index in [1.54, 1.807) is 6.07 Å². The van der Waals surface area contributed by atoms with Gasteiger partial charge < -0.3 is 14.8 Å². The summed E-state index contributed by atoms with van der Waals surface area (Å²) in [5.41, 5.74) is 1.62. The van der Waals surface area contributed by atoms with Crippen LogP contribution >= 0.6 is 22.9 Å². The zero-order valence-corrected chi connectivity index (χ0v) is 17.9. The average Bonchev–Trinajstić information content (AvgIpc) is 3.28. The number of halogens is 2. The van der Waals surface area contributed by atoms with E-state index in [4.69, 9.17) is 26.1 Å². The molecule has 4 rings (SSSR count). The number of nitrogens with zero attached hydrogens (tertiary/aromatic N) is 2. The minimum Gasteiger partial charge on any atom is -0.466 e. The van der Waals surface area contributed by atoms with E-state index in [9.17, 15) is 9.18 Å². The first-order valence-corrected chi connectivity index (χ1v) is 10.8. The van der Waals surface area contributed by atoms with Crippen molar-refractivity contribution in [3.63, 3.8) is 0 Å². The van der Waals surface area contributed by atoms with Crippen LogP contribution in [0.2, 0.25) is 5.02 Å². The Morgan fingerprint density at radius 2 is 2.20 bits per heavy atom. The Bertz CT molecular complexity index is 987. The molecule has 30 heavy (non-hydrogen) atoms. The van der Waals surface area contributed by atoms with Crippen LogP contribution in [-0.4, -0.2) is 56.7 Å². The van der Waals surface area contributed by atoms with Gasteiger partial charge in [0.15, 0.2) is 0 Å². The highest BCUT2D eigenvalue weighted by Gasteiger charge is 2.34. The Balaban J connectivity index is 1.81. The van der Waals surface area contributed by atoms with Gasteiger partial charge in [-0.1, -0.05) is 23.7 Å². The van der Waals surface area contributed by atoms with Gasteiger partial charge in [-0.15, -0.1) is 11.3 Å². The smallest absolute Gasteiger partial charge is 0.338 e. The van der Waals surface area contributed by atoms with Crippen molar-refractivity contribution in [2.75, 3.05) is 40.0 Å². The molecule has 1 saturated heterocycles. The minimum atomic E-state index is -0.708. The fourth-order valence-electron chi connectivity index (χ4n) is 3.54. The Kier molecular flexibility index (Phi) is 6.48. The van der Waals surface area contributed by atoms with Gasteiger partial charge in [0.1, 0.15) is 17.7 Å². The summed E-state index contributed by atoms with van der Waals surface area (Å²) >= 11 is 7.90. The standard InChI is InChI=1S/C21H21ClFN3O3S/c1-28-21(27)18-16(12-26-6-8-29-9-7-26)24-20(17-3-2-10-30-17)25-19(18)14-5-4-13(23)11-15(14)22/h2-5,10-11,19H,6-9,12H2,1H3,(H,24,25). The molecule has 2 aromatic rings. The monoisotopic (exact) mass is 449 g/mol. The largest absolute Gasteiger partial charge is 0.466 e. The molecular formula is C21H21ClFN3O3S. The summed E-state index contributed by atoms with van der Waals surface area (Å²) in [5, 5.41) is 5.51. The van der Waals surface area contributed by atoms with E-state index >= 15 is 0 Å². The number of esters is 1. The lowest BCUT2D eigenvalue weighted by Gasteiger charge is -2.32. The number of hydrogen-bond donors (Lipinski definition) is 1. The number of carbonyl (C=O) groups is 1. The lowest BCUT2D eigenvalue weighted by Crippen LogP contribution is -2.43. The summed E-state index contributed by atoms with van der Waals surface area (Å²) in [6.07, 6.45) is 0. The molecule has 0 saturated carbocycles. The zero-order chi connectivity index (χ0) is 21.1. The number of thiophene rings is 1. The van der Waals surface area contributed by atoms with E-state index in [0.29, 0.717) is 42.4 Å². The molecular weight excluding hydrogens is 429 g/mol. The second kappa shape index (κ2) is 9.26. The van der Waals surface area contributed by atoms with Gasteiger partial charge in [0.2, 0.25) is 0 Å². The molecule has 0 bridgehead atoms. The van der Waals surface area contributed by atoms with Crippen molar-refractivity contribution < 1.29 is 18.7 Å². The summed E-state index contributed by atoms with van der Waals surface area (Å²) in [4.78, 5) is 20.7. The van der Waals surface area contributed by atoms with Crippen LogP contribution in [0.4, 0.5) is 4.39 Å². The third-order valence-electron chi connectivity index (χ3n) is 5.03. The second-order valence-corrected chi connectivity index (χ2v) is 8.28. The first-order chi connectivity index (χ1) is 14.6. The van der Waals surface area contributed by atoms with E-state index in [1.165, 1.54) is 30.6 Å². The number of benzene rings is 1. The van der Waals surface area contributed by atoms with Crippen LogP contribution in [0.3, 0.4) is 0 Å². The highest BCUT2D eigenvalue weighted by molar-refractivity contribution is 7.12. The van der Waals surface area contributed by atoms with Crippen LogP contribution in [-0.2, 0) is 14.3 Å². The zero-order valence-electron chi connectivity index (χ0n) is 16.4. The quantitative estimate of drug-likeness (QED) is 0.709. The van der Waals surface area contributed by atoms with Crippen molar-refractivity contribution in [2.24, 2.45) is 4.99 Å². The SMILES string of the molecule is COC(=O)C1=C(CN2CCOCC2)NC(c2cccs2)=NC1c1ccc(F)cc1Cl. The van der Waals surface area contributed by atoms with E-state index in [1.807, 2.05) is 17.5 Å². The second-order valence-electron chi connectivity index (χ2n) is 6.92. The number of rotatable bonds is 5. The van der Waals surface area contributed by atoms with Crippen LogP contribution in [0.5, 0.6) is 0 Å². The normalized spacial score (nSPS) is 20.0. The van der Waals surface area contributed by atoms with Crippen molar-refractivity contribution in [1.82, 2.24) is 10.2 Å². The predicted octanol–water partition coefficient (Wildman–Crippen LogP) is 3.39. The van der Waals surface area contributed by atoms with Gasteiger partial charge in [-0.2, -0.15) is 0 Å². The molecule has 9 heteroatoms. The summed E-state index contributed by atoms with van der Waals surface area (Å²) in [7, 11) is 1.34. The Hall–Kier alpha value is -2.26. The van der Waals surface area contributed by atoms with Gasteiger partial charge in [-0.05, 0) is 23.6 Å². The molecule has 2 aliphatic heterocycles. The number of ether oxygens (including phenoxy) is 2. The lowest BCUT2D eigenvalue weighted by atomic mass is 9.95. The van der Waals surface area contributed by atoms with Crippen LogP contribution < -0.4 is 5.32 Å². The maximum Gasteiger partial charge on any atom is 0.338 e. The average molecular weight is 450 g/mol. The molecule has 0 amide bonds. The van der Waals surface area contributed by atoms with Gasteiger partial charge in [0.25, 0.3) is 0 Å². The molecule has 1 atom stereocenters.